The lowest BCUT2D eigenvalue weighted by atomic mass is 9.84. The number of nitrogens with zero attached hydrogens (tertiary/aromatic N) is 2. The third kappa shape index (κ3) is 5.50. The van der Waals surface area contributed by atoms with Crippen molar-refractivity contribution >= 4 is 34.8 Å². The van der Waals surface area contributed by atoms with E-state index in [1.807, 2.05) is 19.9 Å². The Hall–Kier alpha value is -2.99. The molecule has 2 aromatic rings. The van der Waals surface area contributed by atoms with E-state index in [0.717, 1.165) is 0 Å². The van der Waals surface area contributed by atoms with Crippen molar-refractivity contribution in [3.05, 3.63) is 70.7 Å². The maximum Gasteiger partial charge on any atom is 0.271 e. The Morgan fingerprint density at radius 1 is 0.786 bits per heavy atom. The maximum absolute atomic E-state index is 12.2. The van der Waals surface area contributed by atoms with Crippen molar-refractivity contribution in [2.45, 2.75) is 27.7 Å². The van der Waals surface area contributed by atoms with Gasteiger partial charge in [0.2, 0.25) is 0 Å². The van der Waals surface area contributed by atoms with Gasteiger partial charge >= 0.3 is 0 Å². The first-order chi connectivity index (χ1) is 13.2. The van der Waals surface area contributed by atoms with E-state index in [1.54, 1.807) is 62.4 Å². The number of carbonyl (C=O) groups excluding carboxylic acids is 2. The third-order valence-corrected chi connectivity index (χ3v) is 4.85. The van der Waals surface area contributed by atoms with Crippen molar-refractivity contribution in [3.8, 4) is 0 Å². The van der Waals surface area contributed by atoms with Crippen molar-refractivity contribution in [1.82, 2.24) is 10.9 Å². The van der Waals surface area contributed by atoms with Gasteiger partial charge in [-0.3, -0.25) is 9.59 Å². The van der Waals surface area contributed by atoms with Crippen LogP contribution >= 0.6 is 11.6 Å². The van der Waals surface area contributed by atoms with Gasteiger partial charge in [0.1, 0.15) is 0 Å². The van der Waals surface area contributed by atoms with Gasteiger partial charge in [-0.15, -0.1) is 0 Å². The topological polar surface area (TPSA) is 82.9 Å². The summed E-state index contributed by atoms with van der Waals surface area (Å²) in [6, 6.07) is 15.4. The lowest BCUT2D eigenvalue weighted by Gasteiger charge is -2.24. The smallest absolute Gasteiger partial charge is 0.267 e. The average molecular weight is 399 g/mol. The van der Waals surface area contributed by atoms with Crippen LogP contribution in [0.4, 0.5) is 0 Å². The summed E-state index contributed by atoms with van der Waals surface area (Å²) < 4.78 is 0. The predicted octanol–water partition coefficient (Wildman–Crippen LogP) is 4.28. The van der Waals surface area contributed by atoms with Gasteiger partial charge in [-0.1, -0.05) is 29.8 Å². The molecule has 2 N–H and O–H groups in total. The number of amides is 2. The Morgan fingerprint density at radius 2 is 1.21 bits per heavy atom. The number of carbonyl (C=O) groups is 2. The standard InChI is InChI=1S/C21H23ClN4O2/c1-14(23-25-19(27)16-8-6-5-7-9-16)21(3,4)15(2)24-26-20(28)17-10-12-18(22)13-11-17/h5-13H,1-4H3,(H,25,27)(H,26,28)/b23-14+,24-15+. The number of rotatable bonds is 6. The Bertz CT molecular complexity index is 904. The molecule has 0 aliphatic carbocycles. The summed E-state index contributed by atoms with van der Waals surface area (Å²) in [4.78, 5) is 24.3. The fourth-order valence-corrected chi connectivity index (χ4v) is 2.26. The highest BCUT2D eigenvalue weighted by Gasteiger charge is 2.26. The van der Waals surface area contributed by atoms with E-state index in [0.29, 0.717) is 27.6 Å². The second kappa shape index (κ2) is 9.28. The molecular formula is C21H23ClN4O2. The molecule has 0 spiro atoms. The predicted molar refractivity (Wildman–Crippen MR) is 113 cm³/mol. The van der Waals surface area contributed by atoms with Gasteiger partial charge in [0, 0.05) is 33.0 Å². The molecule has 0 saturated carbocycles. The molecule has 2 amide bonds. The molecule has 0 atom stereocenters. The minimum absolute atomic E-state index is 0.290. The summed E-state index contributed by atoms with van der Waals surface area (Å²) in [6.45, 7) is 7.41. The molecule has 2 rings (SSSR count). The van der Waals surface area contributed by atoms with Crippen LogP contribution in [-0.2, 0) is 0 Å². The number of nitrogens with one attached hydrogen (secondary N) is 2. The molecule has 0 fully saturated rings. The second-order valence-electron chi connectivity index (χ2n) is 6.77. The van der Waals surface area contributed by atoms with Crippen LogP contribution in [0.25, 0.3) is 0 Å². The van der Waals surface area contributed by atoms with E-state index in [9.17, 15) is 9.59 Å². The largest absolute Gasteiger partial charge is 0.271 e. The lowest BCUT2D eigenvalue weighted by Crippen LogP contribution is -2.34. The zero-order valence-corrected chi connectivity index (χ0v) is 17.0. The van der Waals surface area contributed by atoms with E-state index in [1.165, 1.54) is 0 Å². The van der Waals surface area contributed by atoms with Crippen LogP contribution in [0.5, 0.6) is 0 Å². The molecule has 0 radical (unpaired) electrons. The molecule has 0 aliphatic rings. The summed E-state index contributed by atoms with van der Waals surface area (Å²) in [6.07, 6.45) is 0. The molecular weight excluding hydrogens is 376 g/mol. The second-order valence-corrected chi connectivity index (χ2v) is 7.21. The quantitative estimate of drug-likeness (QED) is 0.562. The average Bonchev–Trinajstić information content (AvgIpc) is 2.70. The van der Waals surface area contributed by atoms with Crippen LogP contribution in [-0.4, -0.2) is 23.2 Å². The normalized spacial score (nSPS) is 12.5. The number of benzene rings is 2. The fourth-order valence-electron chi connectivity index (χ4n) is 2.13. The van der Waals surface area contributed by atoms with Gasteiger partial charge in [-0.05, 0) is 64.1 Å². The molecule has 0 heterocycles. The first-order valence-electron chi connectivity index (χ1n) is 8.72. The number of hydrogen-bond acceptors (Lipinski definition) is 4. The highest BCUT2D eigenvalue weighted by molar-refractivity contribution is 6.30. The van der Waals surface area contributed by atoms with Crippen molar-refractivity contribution in [2.24, 2.45) is 15.6 Å². The first-order valence-corrected chi connectivity index (χ1v) is 9.10. The van der Waals surface area contributed by atoms with E-state index in [4.69, 9.17) is 11.6 Å². The van der Waals surface area contributed by atoms with Crippen LogP contribution in [0.3, 0.4) is 0 Å². The van der Waals surface area contributed by atoms with Crippen LogP contribution in [0.15, 0.2) is 64.8 Å². The third-order valence-electron chi connectivity index (χ3n) is 4.60. The first kappa shape index (κ1) is 21.3. The van der Waals surface area contributed by atoms with Gasteiger partial charge in [0.25, 0.3) is 11.8 Å². The number of hydrazone groups is 2. The van der Waals surface area contributed by atoms with Crippen molar-refractivity contribution in [2.75, 3.05) is 0 Å². The molecule has 0 aliphatic heterocycles. The molecule has 146 valence electrons. The van der Waals surface area contributed by atoms with E-state index in [2.05, 4.69) is 21.1 Å². The Balaban J connectivity index is 2.04. The summed E-state index contributed by atoms with van der Waals surface area (Å²) in [5.74, 6) is -0.625. The summed E-state index contributed by atoms with van der Waals surface area (Å²) in [7, 11) is 0. The summed E-state index contributed by atoms with van der Waals surface area (Å²) in [5.41, 5.74) is 6.79. The minimum Gasteiger partial charge on any atom is -0.267 e. The van der Waals surface area contributed by atoms with E-state index in [-0.39, 0.29) is 11.8 Å². The van der Waals surface area contributed by atoms with E-state index >= 15 is 0 Å². The van der Waals surface area contributed by atoms with Crippen LogP contribution in [0, 0.1) is 5.41 Å². The fraction of sp³-hybridized carbons (Fsp3) is 0.238. The Labute approximate surface area is 169 Å². The summed E-state index contributed by atoms with van der Waals surface area (Å²) >= 11 is 5.83. The highest BCUT2D eigenvalue weighted by Crippen LogP contribution is 2.20. The van der Waals surface area contributed by atoms with Crippen molar-refractivity contribution in [1.29, 1.82) is 0 Å². The Kier molecular flexibility index (Phi) is 7.06. The van der Waals surface area contributed by atoms with E-state index < -0.39 is 5.41 Å². The zero-order valence-electron chi connectivity index (χ0n) is 16.3. The molecule has 0 bridgehead atoms. The highest BCUT2D eigenvalue weighted by atomic mass is 35.5. The van der Waals surface area contributed by atoms with Gasteiger partial charge in [0.05, 0.1) is 0 Å². The summed E-state index contributed by atoms with van der Waals surface area (Å²) in [5, 5.41) is 8.95. The molecule has 2 aromatic carbocycles. The van der Waals surface area contributed by atoms with Gasteiger partial charge in [-0.2, -0.15) is 10.2 Å². The molecule has 6 nitrogen and oxygen atoms in total. The minimum atomic E-state index is -0.572. The molecule has 7 heteroatoms. The zero-order chi connectivity index (χ0) is 20.7. The van der Waals surface area contributed by atoms with Crippen LogP contribution in [0.1, 0.15) is 48.4 Å². The van der Waals surface area contributed by atoms with Gasteiger partial charge < -0.3 is 0 Å². The van der Waals surface area contributed by atoms with Crippen molar-refractivity contribution < 1.29 is 9.59 Å². The monoisotopic (exact) mass is 398 g/mol. The van der Waals surface area contributed by atoms with Crippen LogP contribution in [0.2, 0.25) is 5.02 Å². The van der Waals surface area contributed by atoms with Crippen LogP contribution < -0.4 is 10.9 Å². The Morgan fingerprint density at radius 3 is 1.68 bits per heavy atom. The van der Waals surface area contributed by atoms with Gasteiger partial charge in [-0.25, -0.2) is 10.9 Å². The maximum atomic E-state index is 12.2. The van der Waals surface area contributed by atoms with Crippen molar-refractivity contribution in [3.63, 3.8) is 0 Å². The molecule has 0 aromatic heterocycles. The number of halogens is 1. The van der Waals surface area contributed by atoms with Gasteiger partial charge in [0.15, 0.2) is 0 Å². The lowest BCUT2D eigenvalue weighted by molar-refractivity contribution is 0.0947. The molecule has 0 unspecified atom stereocenters. The molecule has 28 heavy (non-hydrogen) atoms. The number of hydrogen-bond donors (Lipinski definition) is 2. The molecule has 0 saturated heterocycles. The SMILES string of the molecule is C/C(=N\NC(=O)c1ccccc1)C(C)(C)/C(C)=N/NC(=O)c1ccc(Cl)cc1.